The Morgan fingerprint density at radius 1 is 1.17 bits per heavy atom. The molecular weight excluding hydrogens is 403 g/mol. The third kappa shape index (κ3) is 3.66. The van der Waals surface area contributed by atoms with Gasteiger partial charge in [0, 0.05) is 36.3 Å². The number of pyridine rings is 1. The molecule has 4 rings (SSSR count). The van der Waals surface area contributed by atoms with Gasteiger partial charge in [-0.1, -0.05) is 48.0 Å². The highest BCUT2D eigenvalue weighted by atomic mass is 35.5. The molecule has 1 amide bonds. The van der Waals surface area contributed by atoms with Gasteiger partial charge in [0.05, 0.1) is 22.8 Å². The Hall–Kier alpha value is -3.25. The van der Waals surface area contributed by atoms with Gasteiger partial charge in [-0.15, -0.1) is 0 Å². The summed E-state index contributed by atoms with van der Waals surface area (Å²) in [5.74, 6) is -0.694. The molecule has 0 fully saturated rings. The monoisotopic (exact) mass is 422 g/mol. The van der Waals surface area contributed by atoms with Gasteiger partial charge in [-0.25, -0.2) is 14.1 Å². The van der Waals surface area contributed by atoms with E-state index in [1.165, 1.54) is 11.0 Å². The summed E-state index contributed by atoms with van der Waals surface area (Å²) in [6.07, 6.45) is 1.65. The number of benzene rings is 2. The van der Waals surface area contributed by atoms with E-state index in [1.54, 1.807) is 36.1 Å². The Morgan fingerprint density at radius 3 is 2.63 bits per heavy atom. The minimum Gasteiger partial charge on any atom is -0.337 e. The first-order valence-electron chi connectivity index (χ1n) is 9.60. The number of aryl methyl sites for hydroxylation is 1. The van der Waals surface area contributed by atoms with E-state index in [4.69, 9.17) is 16.6 Å². The number of carbonyl (C=O) groups excluding carboxylic acids is 1. The molecule has 7 heteroatoms. The quantitative estimate of drug-likeness (QED) is 0.445. The van der Waals surface area contributed by atoms with E-state index >= 15 is 0 Å². The third-order valence-electron chi connectivity index (χ3n) is 5.01. The van der Waals surface area contributed by atoms with Gasteiger partial charge >= 0.3 is 0 Å². The van der Waals surface area contributed by atoms with Gasteiger partial charge in [-0.2, -0.15) is 5.10 Å². The fraction of sp³-hybridized carbons (Fsp3) is 0.174. The van der Waals surface area contributed by atoms with Crippen molar-refractivity contribution in [2.75, 3.05) is 7.05 Å². The molecule has 0 radical (unpaired) electrons. The lowest BCUT2D eigenvalue weighted by molar-refractivity contribution is 0.0786. The lowest BCUT2D eigenvalue weighted by Crippen LogP contribution is -2.27. The van der Waals surface area contributed by atoms with Crippen molar-refractivity contribution in [1.29, 1.82) is 0 Å². The number of carbonyl (C=O) groups is 1. The lowest BCUT2D eigenvalue weighted by Gasteiger charge is -2.19. The van der Waals surface area contributed by atoms with Crippen LogP contribution in [-0.2, 0) is 13.1 Å². The van der Waals surface area contributed by atoms with Crippen LogP contribution < -0.4 is 0 Å². The SMILES string of the molecule is CCn1ncc2c(C(=O)N(C)Cc3c(F)cccc3Cl)cc(-c3ccccc3)nc21. The fourth-order valence-corrected chi connectivity index (χ4v) is 3.63. The van der Waals surface area contributed by atoms with Crippen LogP contribution in [0.2, 0.25) is 5.02 Å². The van der Waals surface area contributed by atoms with Gasteiger partial charge in [-0.05, 0) is 25.1 Å². The second-order valence-electron chi connectivity index (χ2n) is 6.98. The van der Waals surface area contributed by atoms with Gasteiger partial charge in [0.2, 0.25) is 0 Å². The van der Waals surface area contributed by atoms with Crippen LogP contribution in [0.4, 0.5) is 4.39 Å². The van der Waals surface area contributed by atoms with E-state index in [0.29, 0.717) is 33.9 Å². The number of fused-ring (bicyclic) bond motifs is 1. The van der Waals surface area contributed by atoms with E-state index in [-0.39, 0.29) is 18.0 Å². The normalized spacial score (nSPS) is 11.1. The molecule has 0 aliphatic rings. The van der Waals surface area contributed by atoms with Crippen LogP contribution in [0.25, 0.3) is 22.3 Å². The van der Waals surface area contributed by atoms with Crippen molar-refractivity contribution < 1.29 is 9.18 Å². The van der Waals surface area contributed by atoms with E-state index in [1.807, 2.05) is 37.3 Å². The number of hydrogen-bond donors (Lipinski definition) is 0. The Kier molecular flexibility index (Phi) is 5.50. The van der Waals surface area contributed by atoms with E-state index < -0.39 is 5.82 Å². The molecule has 0 unspecified atom stereocenters. The number of halogens is 2. The Morgan fingerprint density at radius 2 is 1.93 bits per heavy atom. The van der Waals surface area contributed by atoms with Crippen molar-refractivity contribution in [3.63, 3.8) is 0 Å². The predicted octanol–water partition coefficient (Wildman–Crippen LogP) is 5.18. The van der Waals surface area contributed by atoms with Crippen LogP contribution in [0, 0.1) is 5.82 Å². The molecule has 0 saturated heterocycles. The summed E-state index contributed by atoms with van der Waals surface area (Å²) in [6.45, 7) is 2.65. The van der Waals surface area contributed by atoms with Gasteiger partial charge in [-0.3, -0.25) is 4.79 Å². The Labute approximate surface area is 178 Å². The first-order valence-corrected chi connectivity index (χ1v) is 9.97. The molecular formula is C23H20ClFN4O. The second kappa shape index (κ2) is 8.24. The zero-order valence-electron chi connectivity index (χ0n) is 16.6. The van der Waals surface area contributed by atoms with Crippen LogP contribution in [0.3, 0.4) is 0 Å². The average molecular weight is 423 g/mol. The zero-order valence-corrected chi connectivity index (χ0v) is 17.4. The standard InChI is InChI=1S/C23H20ClFN4O/c1-3-29-22-17(13-26-29)16(12-21(27-22)15-8-5-4-6-9-15)23(30)28(2)14-18-19(24)10-7-11-20(18)25/h4-13H,3,14H2,1-2H3. The molecule has 2 aromatic heterocycles. The number of aromatic nitrogens is 3. The minimum absolute atomic E-state index is 0.0523. The first kappa shape index (κ1) is 20.0. The van der Waals surface area contributed by atoms with Crippen molar-refractivity contribution in [2.45, 2.75) is 20.0 Å². The fourth-order valence-electron chi connectivity index (χ4n) is 3.41. The molecule has 152 valence electrons. The summed E-state index contributed by atoms with van der Waals surface area (Å²) >= 11 is 6.15. The number of amides is 1. The third-order valence-corrected chi connectivity index (χ3v) is 5.37. The van der Waals surface area contributed by atoms with Crippen molar-refractivity contribution in [2.24, 2.45) is 0 Å². The first-order chi connectivity index (χ1) is 14.5. The topological polar surface area (TPSA) is 51.0 Å². The maximum absolute atomic E-state index is 14.2. The molecule has 0 spiro atoms. The smallest absolute Gasteiger partial charge is 0.254 e. The van der Waals surface area contributed by atoms with Crippen LogP contribution in [0.5, 0.6) is 0 Å². The lowest BCUT2D eigenvalue weighted by atomic mass is 10.1. The molecule has 2 heterocycles. The summed E-state index contributed by atoms with van der Waals surface area (Å²) in [6, 6.07) is 15.9. The molecule has 2 aromatic carbocycles. The summed E-state index contributed by atoms with van der Waals surface area (Å²) in [5, 5.41) is 5.32. The zero-order chi connectivity index (χ0) is 21.3. The molecule has 0 saturated carbocycles. The van der Waals surface area contributed by atoms with Crippen molar-refractivity contribution in [3.8, 4) is 11.3 Å². The van der Waals surface area contributed by atoms with Gasteiger partial charge in [0.1, 0.15) is 5.82 Å². The van der Waals surface area contributed by atoms with Crippen molar-refractivity contribution in [3.05, 3.63) is 82.8 Å². The molecule has 0 aliphatic carbocycles. The van der Waals surface area contributed by atoms with Crippen LogP contribution in [0.1, 0.15) is 22.8 Å². The average Bonchev–Trinajstić information content (AvgIpc) is 3.19. The van der Waals surface area contributed by atoms with Gasteiger partial charge in [0.15, 0.2) is 5.65 Å². The molecule has 0 atom stereocenters. The molecule has 0 N–H and O–H groups in total. The molecule has 30 heavy (non-hydrogen) atoms. The van der Waals surface area contributed by atoms with Gasteiger partial charge < -0.3 is 4.90 Å². The highest BCUT2D eigenvalue weighted by Crippen LogP contribution is 2.27. The van der Waals surface area contributed by atoms with E-state index in [0.717, 1.165) is 5.56 Å². The summed E-state index contributed by atoms with van der Waals surface area (Å²) in [5.41, 5.74) is 2.97. The number of nitrogens with zero attached hydrogens (tertiary/aromatic N) is 4. The number of rotatable bonds is 5. The molecule has 5 nitrogen and oxygen atoms in total. The highest BCUT2D eigenvalue weighted by molar-refractivity contribution is 6.31. The van der Waals surface area contributed by atoms with Gasteiger partial charge in [0.25, 0.3) is 5.91 Å². The maximum atomic E-state index is 14.2. The van der Waals surface area contributed by atoms with E-state index in [2.05, 4.69) is 5.10 Å². The minimum atomic E-state index is -0.439. The second-order valence-corrected chi connectivity index (χ2v) is 7.39. The maximum Gasteiger partial charge on any atom is 0.254 e. The van der Waals surface area contributed by atoms with Crippen LogP contribution in [-0.4, -0.2) is 32.6 Å². The van der Waals surface area contributed by atoms with Crippen LogP contribution in [0.15, 0.2) is 60.8 Å². The van der Waals surface area contributed by atoms with Crippen molar-refractivity contribution in [1.82, 2.24) is 19.7 Å². The molecule has 0 aliphatic heterocycles. The summed E-state index contributed by atoms with van der Waals surface area (Å²) < 4.78 is 16.0. The predicted molar refractivity (Wildman–Crippen MR) is 116 cm³/mol. The number of hydrogen-bond acceptors (Lipinski definition) is 3. The highest BCUT2D eigenvalue weighted by Gasteiger charge is 2.21. The van der Waals surface area contributed by atoms with Crippen molar-refractivity contribution >= 4 is 28.5 Å². The largest absolute Gasteiger partial charge is 0.337 e. The molecule has 0 bridgehead atoms. The van der Waals surface area contributed by atoms with E-state index in [9.17, 15) is 9.18 Å². The summed E-state index contributed by atoms with van der Waals surface area (Å²) in [4.78, 5) is 19.6. The molecule has 4 aromatic rings. The summed E-state index contributed by atoms with van der Waals surface area (Å²) in [7, 11) is 1.63. The Balaban J connectivity index is 1.79. The Bertz CT molecular complexity index is 1200. The van der Waals surface area contributed by atoms with Crippen LogP contribution >= 0.6 is 11.6 Å².